The number of amides is 1. The van der Waals surface area contributed by atoms with Gasteiger partial charge in [-0.3, -0.25) is 4.79 Å². The van der Waals surface area contributed by atoms with Gasteiger partial charge in [0.05, 0.1) is 11.8 Å². The van der Waals surface area contributed by atoms with Crippen molar-refractivity contribution in [1.82, 2.24) is 0 Å². The van der Waals surface area contributed by atoms with E-state index in [0.29, 0.717) is 11.3 Å². The number of benzene rings is 2. The lowest BCUT2D eigenvalue weighted by Crippen LogP contribution is -2.17. The number of hydrogen-bond donors (Lipinski definition) is 2. The minimum Gasteiger partial charge on any atom is -0.511 e. The van der Waals surface area contributed by atoms with Gasteiger partial charge in [0.25, 0.3) is 5.91 Å². The maximum Gasteiger partial charge on any atom is 0.269 e. The number of aliphatic hydroxyl groups is 1. The van der Waals surface area contributed by atoms with Crippen LogP contribution in [0.3, 0.4) is 0 Å². The number of allylic oxidation sites excluding steroid dienone is 1. The molecule has 5 nitrogen and oxygen atoms in total. The highest BCUT2D eigenvalue weighted by molar-refractivity contribution is 6.07. The SMILES string of the molecule is CCC(C)Oc1cc(NC(=O)/C(C#N)=C(/C)O)c(F)cc1-c1ccccc1C. The normalized spacial score (nSPS) is 12.6. The van der Waals surface area contributed by atoms with Crippen LogP contribution in [0.1, 0.15) is 32.8 Å². The van der Waals surface area contributed by atoms with Crippen molar-refractivity contribution in [3.05, 3.63) is 59.1 Å². The molecule has 0 bridgehead atoms. The molecule has 0 spiro atoms. The summed E-state index contributed by atoms with van der Waals surface area (Å²) < 4.78 is 20.7. The molecule has 1 unspecified atom stereocenters. The second-order valence-corrected chi connectivity index (χ2v) is 6.51. The van der Waals surface area contributed by atoms with E-state index in [1.807, 2.05) is 45.0 Å². The zero-order valence-corrected chi connectivity index (χ0v) is 16.3. The molecule has 146 valence electrons. The molecule has 28 heavy (non-hydrogen) atoms. The average molecular weight is 382 g/mol. The molecular formula is C22H23FN2O3. The molecule has 0 heterocycles. The summed E-state index contributed by atoms with van der Waals surface area (Å²) in [7, 11) is 0. The van der Waals surface area contributed by atoms with Gasteiger partial charge in [0.1, 0.15) is 23.4 Å². The van der Waals surface area contributed by atoms with Crippen molar-refractivity contribution >= 4 is 11.6 Å². The summed E-state index contributed by atoms with van der Waals surface area (Å²) in [4.78, 5) is 12.2. The number of aliphatic hydroxyl groups excluding tert-OH is 1. The molecule has 0 saturated heterocycles. The van der Waals surface area contributed by atoms with Crippen molar-refractivity contribution in [3.63, 3.8) is 0 Å². The van der Waals surface area contributed by atoms with Crippen molar-refractivity contribution in [1.29, 1.82) is 5.26 Å². The maximum atomic E-state index is 14.8. The van der Waals surface area contributed by atoms with Gasteiger partial charge in [-0.15, -0.1) is 0 Å². The third-order valence-electron chi connectivity index (χ3n) is 4.36. The Hall–Kier alpha value is -3.33. The Morgan fingerprint density at radius 1 is 1.32 bits per heavy atom. The summed E-state index contributed by atoms with van der Waals surface area (Å²) in [5.41, 5.74) is 1.74. The van der Waals surface area contributed by atoms with Crippen molar-refractivity contribution in [2.24, 2.45) is 0 Å². The summed E-state index contributed by atoms with van der Waals surface area (Å²) >= 11 is 0. The van der Waals surface area contributed by atoms with Crippen LogP contribution in [0.4, 0.5) is 10.1 Å². The van der Waals surface area contributed by atoms with E-state index in [1.165, 1.54) is 19.1 Å². The van der Waals surface area contributed by atoms with Crippen molar-refractivity contribution in [2.45, 2.75) is 40.2 Å². The Balaban J connectivity index is 2.55. The van der Waals surface area contributed by atoms with E-state index in [0.717, 1.165) is 17.5 Å². The monoisotopic (exact) mass is 382 g/mol. The number of anilines is 1. The summed E-state index contributed by atoms with van der Waals surface area (Å²) in [6, 6.07) is 11.9. The Morgan fingerprint density at radius 3 is 2.57 bits per heavy atom. The van der Waals surface area contributed by atoms with Crippen LogP contribution in [0.5, 0.6) is 5.75 Å². The summed E-state index contributed by atoms with van der Waals surface area (Å²) in [6.45, 7) is 7.00. The Labute approximate surface area is 164 Å². The Bertz CT molecular complexity index is 957. The molecule has 1 amide bonds. The van der Waals surface area contributed by atoms with E-state index in [9.17, 15) is 14.3 Å². The average Bonchev–Trinajstić information content (AvgIpc) is 2.64. The zero-order chi connectivity index (χ0) is 20.8. The van der Waals surface area contributed by atoms with Crippen LogP contribution in [0, 0.1) is 24.1 Å². The molecule has 1 atom stereocenters. The number of nitrogens with one attached hydrogen (secondary N) is 1. The van der Waals surface area contributed by atoms with Crippen LogP contribution in [0.2, 0.25) is 0 Å². The Kier molecular flexibility index (Phi) is 6.78. The smallest absolute Gasteiger partial charge is 0.269 e. The predicted molar refractivity (Wildman–Crippen MR) is 107 cm³/mol. The lowest BCUT2D eigenvalue weighted by molar-refractivity contribution is -0.112. The van der Waals surface area contributed by atoms with Gasteiger partial charge in [0.15, 0.2) is 5.57 Å². The molecule has 0 aliphatic rings. The highest BCUT2D eigenvalue weighted by Crippen LogP contribution is 2.37. The maximum absolute atomic E-state index is 14.8. The Morgan fingerprint density at radius 2 is 2.00 bits per heavy atom. The number of nitriles is 1. The summed E-state index contributed by atoms with van der Waals surface area (Å²) in [6.07, 6.45) is 0.628. The number of carbonyl (C=O) groups is 1. The third-order valence-corrected chi connectivity index (χ3v) is 4.36. The molecule has 0 fully saturated rings. The standard InChI is InChI=1S/C22H23FN2O3/c1-5-14(3)28-21-11-20(25-22(27)18(12-24)15(4)26)19(23)10-17(21)16-9-7-6-8-13(16)2/h6-11,14,26H,5H2,1-4H3,(H,25,27)/b18-15-. The lowest BCUT2D eigenvalue weighted by Gasteiger charge is -2.19. The summed E-state index contributed by atoms with van der Waals surface area (Å²) in [5.74, 6) is -1.58. The molecular weight excluding hydrogens is 359 g/mol. The van der Waals surface area contributed by atoms with Gasteiger partial charge >= 0.3 is 0 Å². The van der Waals surface area contributed by atoms with Crippen molar-refractivity contribution in [2.75, 3.05) is 5.32 Å². The van der Waals surface area contributed by atoms with Crippen LogP contribution < -0.4 is 10.1 Å². The van der Waals surface area contributed by atoms with E-state index >= 15 is 0 Å². The molecule has 0 radical (unpaired) electrons. The first-order valence-corrected chi connectivity index (χ1v) is 8.95. The van der Waals surface area contributed by atoms with E-state index < -0.39 is 23.1 Å². The molecule has 2 aromatic carbocycles. The number of aryl methyl sites for hydroxylation is 1. The highest BCUT2D eigenvalue weighted by atomic mass is 19.1. The highest BCUT2D eigenvalue weighted by Gasteiger charge is 2.19. The topological polar surface area (TPSA) is 82.3 Å². The van der Waals surface area contributed by atoms with Gasteiger partial charge in [-0.2, -0.15) is 5.26 Å². The van der Waals surface area contributed by atoms with Crippen LogP contribution in [-0.2, 0) is 4.79 Å². The number of carbonyl (C=O) groups excluding carboxylic acids is 1. The van der Waals surface area contributed by atoms with Gasteiger partial charge in [0.2, 0.25) is 0 Å². The first-order valence-electron chi connectivity index (χ1n) is 8.95. The second kappa shape index (κ2) is 9.05. The minimum atomic E-state index is -0.889. The second-order valence-electron chi connectivity index (χ2n) is 6.51. The third kappa shape index (κ3) is 4.68. The minimum absolute atomic E-state index is 0.119. The van der Waals surface area contributed by atoms with E-state index in [-0.39, 0.29) is 11.8 Å². The molecule has 2 rings (SSSR count). The first kappa shape index (κ1) is 21.0. The summed E-state index contributed by atoms with van der Waals surface area (Å²) in [5, 5.41) is 20.8. The number of nitrogens with zero attached hydrogens (tertiary/aromatic N) is 1. The van der Waals surface area contributed by atoms with Gasteiger partial charge in [0, 0.05) is 11.6 Å². The molecule has 0 aromatic heterocycles. The zero-order valence-electron chi connectivity index (χ0n) is 16.3. The first-order chi connectivity index (χ1) is 13.3. The number of rotatable bonds is 6. The largest absolute Gasteiger partial charge is 0.511 e. The molecule has 2 aromatic rings. The van der Waals surface area contributed by atoms with Crippen LogP contribution in [0.15, 0.2) is 47.7 Å². The number of hydrogen-bond acceptors (Lipinski definition) is 4. The van der Waals surface area contributed by atoms with Gasteiger partial charge in [-0.25, -0.2) is 4.39 Å². The van der Waals surface area contributed by atoms with E-state index in [4.69, 9.17) is 10.00 Å². The van der Waals surface area contributed by atoms with Crippen LogP contribution in [0.25, 0.3) is 11.1 Å². The van der Waals surface area contributed by atoms with Gasteiger partial charge in [-0.05, 0) is 44.4 Å². The fourth-order valence-corrected chi connectivity index (χ4v) is 2.61. The van der Waals surface area contributed by atoms with Crippen LogP contribution >= 0.6 is 0 Å². The fourth-order valence-electron chi connectivity index (χ4n) is 2.61. The molecule has 2 N–H and O–H groups in total. The van der Waals surface area contributed by atoms with Gasteiger partial charge in [-0.1, -0.05) is 31.2 Å². The fraction of sp³-hybridized carbons (Fsp3) is 0.273. The van der Waals surface area contributed by atoms with Crippen LogP contribution in [-0.4, -0.2) is 17.1 Å². The predicted octanol–water partition coefficient (Wildman–Crippen LogP) is 5.27. The van der Waals surface area contributed by atoms with Crippen molar-refractivity contribution < 1.29 is 19.0 Å². The molecule has 6 heteroatoms. The number of ether oxygens (including phenoxy) is 1. The quantitative estimate of drug-likeness (QED) is 0.405. The van der Waals surface area contributed by atoms with Gasteiger partial charge < -0.3 is 15.2 Å². The van der Waals surface area contributed by atoms with E-state index in [1.54, 1.807) is 6.07 Å². The van der Waals surface area contributed by atoms with E-state index in [2.05, 4.69) is 5.32 Å². The molecule has 0 aliphatic heterocycles. The number of halogens is 1. The molecule has 0 aliphatic carbocycles. The molecule has 0 saturated carbocycles. The van der Waals surface area contributed by atoms with Crippen molar-refractivity contribution in [3.8, 4) is 22.9 Å². The lowest BCUT2D eigenvalue weighted by atomic mass is 9.99.